The van der Waals surface area contributed by atoms with Gasteiger partial charge in [-0.1, -0.05) is 19.1 Å². The minimum absolute atomic E-state index is 0.0637. The standard InChI is InChI=1S/C18H23N3O3/c1-3-14(11-22)20-17(23)10-13-4-6-15(7-5-13)21-18(24)16-8-9-19-12(16)2/h4-9,14,19,22H,3,10-11H2,1-2H3,(H,20,23)(H,21,24). The summed E-state index contributed by atoms with van der Waals surface area (Å²) in [6.45, 7) is 3.68. The molecule has 24 heavy (non-hydrogen) atoms. The van der Waals surface area contributed by atoms with E-state index in [1.165, 1.54) is 0 Å². The van der Waals surface area contributed by atoms with Crippen LogP contribution in [0.15, 0.2) is 36.5 Å². The van der Waals surface area contributed by atoms with Crippen LogP contribution in [0, 0.1) is 6.92 Å². The van der Waals surface area contributed by atoms with Crippen LogP contribution in [0.4, 0.5) is 5.69 Å². The van der Waals surface area contributed by atoms with Gasteiger partial charge in [-0.2, -0.15) is 0 Å². The average Bonchev–Trinajstić information content (AvgIpc) is 3.00. The van der Waals surface area contributed by atoms with Crippen molar-refractivity contribution >= 4 is 17.5 Å². The van der Waals surface area contributed by atoms with E-state index in [4.69, 9.17) is 5.11 Å². The summed E-state index contributed by atoms with van der Waals surface area (Å²) in [7, 11) is 0. The molecule has 0 saturated carbocycles. The maximum atomic E-state index is 12.1. The van der Waals surface area contributed by atoms with Crippen LogP contribution < -0.4 is 10.6 Å². The fourth-order valence-electron chi connectivity index (χ4n) is 2.34. The van der Waals surface area contributed by atoms with Gasteiger partial charge in [0, 0.05) is 17.6 Å². The summed E-state index contributed by atoms with van der Waals surface area (Å²) in [5.41, 5.74) is 2.94. The normalized spacial score (nSPS) is 11.8. The van der Waals surface area contributed by atoms with Gasteiger partial charge in [0.2, 0.25) is 5.91 Å². The van der Waals surface area contributed by atoms with E-state index in [0.717, 1.165) is 11.3 Å². The highest BCUT2D eigenvalue weighted by molar-refractivity contribution is 6.05. The lowest BCUT2D eigenvalue weighted by Crippen LogP contribution is -2.37. The molecule has 1 aromatic carbocycles. The number of benzene rings is 1. The monoisotopic (exact) mass is 329 g/mol. The van der Waals surface area contributed by atoms with Gasteiger partial charge in [0.25, 0.3) is 5.91 Å². The maximum Gasteiger partial charge on any atom is 0.257 e. The Hall–Kier alpha value is -2.60. The highest BCUT2D eigenvalue weighted by Crippen LogP contribution is 2.13. The van der Waals surface area contributed by atoms with Crippen molar-refractivity contribution in [2.75, 3.05) is 11.9 Å². The molecule has 1 atom stereocenters. The topological polar surface area (TPSA) is 94.2 Å². The molecule has 6 heteroatoms. The second-order valence-electron chi connectivity index (χ2n) is 5.70. The second-order valence-corrected chi connectivity index (χ2v) is 5.70. The van der Waals surface area contributed by atoms with E-state index in [9.17, 15) is 9.59 Å². The van der Waals surface area contributed by atoms with E-state index in [0.29, 0.717) is 17.7 Å². The third kappa shape index (κ3) is 4.70. The van der Waals surface area contributed by atoms with Crippen LogP contribution in [0.2, 0.25) is 0 Å². The lowest BCUT2D eigenvalue weighted by molar-refractivity contribution is -0.121. The average molecular weight is 329 g/mol. The number of hydrogen-bond acceptors (Lipinski definition) is 3. The first kappa shape index (κ1) is 17.7. The van der Waals surface area contributed by atoms with Gasteiger partial charge < -0.3 is 20.7 Å². The smallest absolute Gasteiger partial charge is 0.257 e. The molecule has 2 aromatic rings. The largest absolute Gasteiger partial charge is 0.394 e. The lowest BCUT2D eigenvalue weighted by Gasteiger charge is -2.14. The van der Waals surface area contributed by atoms with Crippen LogP contribution in [0.5, 0.6) is 0 Å². The molecule has 0 bridgehead atoms. The predicted octanol–water partition coefficient (Wildman–Crippen LogP) is 2.01. The van der Waals surface area contributed by atoms with Crippen LogP contribution in [0.3, 0.4) is 0 Å². The minimum Gasteiger partial charge on any atom is -0.394 e. The molecular weight excluding hydrogens is 306 g/mol. The number of aromatic nitrogens is 1. The summed E-state index contributed by atoms with van der Waals surface area (Å²) in [4.78, 5) is 27.0. The highest BCUT2D eigenvalue weighted by Gasteiger charge is 2.11. The maximum absolute atomic E-state index is 12.1. The van der Waals surface area contributed by atoms with Crippen molar-refractivity contribution in [1.29, 1.82) is 0 Å². The summed E-state index contributed by atoms with van der Waals surface area (Å²) in [5, 5.41) is 14.7. The number of aryl methyl sites for hydroxylation is 1. The number of carbonyl (C=O) groups is 2. The Labute approximate surface area is 141 Å². The van der Waals surface area contributed by atoms with Crippen LogP contribution in [-0.4, -0.2) is 34.6 Å². The van der Waals surface area contributed by atoms with Crippen molar-refractivity contribution in [2.45, 2.75) is 32.7 Å². The number of nitrogens with one attached hydrogen (secondary N) is 3. The van der Waals surface area contributed by atoms with Gasteiger partial charge >= 0.3 is 0 Å². The Balaban J connectivity index is 1.92. The molecule has 0 aliphatic carbocycles. The quantitative estimate of drug-likeness (QED) is 0.626. The van der Waals surface area contributed by atoms with Crippen LogP contribution >= 0.6 is 0 Å². The molecule has 4 N–H and O–H groups in total. The first-order chi connectivity index (χ1) is 11.5. The Morgan fingerprint density at radius 3 is 2.46 bits per heavy atom. The zero-order valence-electron chi connectivity index (χ0n) is 13.9. The van der Waals surface area contributed by atoms with E-state index >= 15 is 0 Å². The lowest BCUT2D eigenvalue weighted by atomic mass is 10.1. The summed E-state index contributed by atoms with van der Waals surface area (Å²) < 4.78 is 0. The van der Waals surface area contributed by atoms with Gasteiger partial charge in [0.15, 0.2) is 0 Å². The number of aromatic amines is 1. The number of aliphatic hydroxyl groups is 1. The molecule has 128 valence electrons. The van der Waals surface area contributed by atoms with Crippen molar-refractivity contribution < 1.29 is 14.7 Å². The zero-order valence-corrected chi connectivity index (χ0v) is 13.9. The molecule has 0 radical (unpaired) electrons. The Morgan fingerprint density at radius 2 is 1.92 bits per heavy atom. The minimum atomic E-state index is -0.208. The van der Waals surface area contributed by atoms with Gasteiger partial charge in [0.1, 0.15) is 0 Å². The zero-order chi connectivity index (χ0) is 17.5. The van der Waals surface area contributed by atoms with E-state index < -0.39 is 0 Å². The Morgan fingerprint density at radius 1 is 1.21 bits per heavy atom. The Kier molecular flexibility index (Phi) is 6.14. The van der Waals surface area contributed by atoms with Gasteiger partial charge in [-0.3, -0.25) is 9.59 Å². The molecule has 6 nitrogen and oxygen atoms in total. The van der Waals surface area contributed by atoms with Crippen molar-refractivity contribution in [1.82, 2.24) is 10.3 Å². The van der Waals surface area contributed by atoms with E-state index in [1.54, 1.807) is 36.5 Å². The third-order valence-corrected chi connectivity index (χ3v) is 3.85. The molecule has 1 unspecified atom stereocenters. The molecule has 2 amide bonds. The summed E-state index contributed by atoms with van der Waals surface area (Å²) in [6, 6.07) is 8.67. The molecule has 2 rings (SSSR count). The van der Waals surface area contributed by atoms with Crippen LogP contribution in [0.25, 0.3) is 0 Å². The SMILES string of the molecule is CCC(CO)NC(=O)Cc1ccc(NC(=O)c2cc[nH]c2C)cc1. The molecule has 0 spiro atoms. The fourth-order valence-corrected chi connectivity index (χ4v) is 2.34. The number of H-pyrrole nitrogens is 1. The van der Waals surface area contributed by atoms with Gasteiger partial charge in [-0.05, 0) is 37.1 Å². The fraction of sp³-hybridized carbons (Fsp3) is 0.333. The van der Waals surface area contributed by atoms with Crippen molar-refractivity contribution in [3.05, 3.63) is 53.3 Å². The number of anilines is 1. The van der Waals surface area contributed by atoms with Crippen LogP contribution in [0.1, 0.15) is 35.0 Å². The predicted molar refractivity (Wildman–Crippen MR) is 92.9 cm³/mol. The number of hydrogen-bond donors (Lipinski definition) is 4. The molecule has 0 aliphatic heterocycles. The molecular formula is C18H23N3O3. The number of rotatable bonds is 7. The second kappa shape index (κ2) is 8.31. The highest BCUT2D eigenvalue weighted by atomic mass is 16.3. The third-order valence-electron chi connectivity index (χ3n) is 3.85. The summed E-state index contributed by atoms with van der Waals surface area (Å²) in [5.74, 6) is -0.302. The molecule has 0 fully saturated rings. The first-order valence-electron chi connectivity index (χ1n) is 7.98. The summed E-state index contributed by atoms with van der Waals surface area (Å²) >= 11 is 0. The number of carbonyl (C=O) groups excluding carboxylic acids is 2. The number of aliphatic hydroxyl groups excluding tert-OH is 1. The first-order valence-corrected chi connectivity index (χ1v) is 7.98. The van der Waals surface area contributed by atoms with E-state index in [2.05, 4.69) is 15.6 Å². The van der Waals surface area contributed by atoms with Gasteiger partial charge in [-0.25, -0.2) is 0 Å². The van der Waals surface area contributed by atoms with Crippen LogP contribution in [-0.2, 0) is 11.2 Å². The molecule has 0 saturated heterocycles. The molecule has 1 aromatic heterocycles. The van der Waals surface area contributed by atoms with E-state index in [1.807, 2.05) is 13.8 Å². The van der Waals surface area contributed by atoms with E-state index in [-0.39, 0.29) is 30.9 Å². The van der Waals surface area contributed by atoms with Gasteiger partial charge in [-0.15, -0.1) is 0 Å². The Bertz CT molecular complexity index is 688. The molecule has 1 heterocycles. The van der Waals surface area contributed by atoms with Crippen molar-refractivity contribution in [2.24, 2.45) is 0 Å². The number of amides is 2. The summed E-state index contributed by atoms with van der Waals surface area (Å²) in [6.07, 6.45) is 2.65. The molecule has 0 aliphatic rings. The van der Waals surface area contributed by atoms with Gasteiger partial charge in [0.05, 0.1) is 24.6 Å². The van der Waals surface area contributed by atoms with Crippen molar-refractivity contribution in [3.63, 3.8) is 0 Å². The van der Waals surface area contributed by atoms with Crippen molar-refractivity contribution in [3.8, 4) is 0 Å².